The van der Waals surface area contributed by atoms with E-state index in [-0.39, 0.29) is 5.92 Å². The fraction of sp³-hybridized carbons (Fsp3) is 0.667. The van der Waals surface area contributed by atoms with Gasteiger partial charge in [-0.3, -0.25) is 4.99 Å². The highest BCUT2D eigenvalue weighted by atomic mass is 35.5. The third-order valence-corrected chi connectivity index (χ3v) is 5.59. The van der Waals surface area contributed by atoms with E-state index in [1.54, 1.807) is 7.11 Å². The molecule has 0 bridgehead atoms. The van der Waals surface area contributed by atoms with Gasteiger partial charge in [0, 0.05) is 62.5 Å². The number of guanidine groups is 1. The molecular weight excluding hydrogens is 397 g/mol. The molecule has 1 saturated heterocycles. The van der Waals surface area contributed by atoms with Crippen LogP contribution in [0.3, 0.4) is 0 Å². The van der Waals surface area contributed by atoms with Crippen LogP contribution in [0, 0.1) is 0 Å². The molecular formula is C21H33Cl2N3O2. The number of methoxy groups -OCH3 is 1. The van der Waals surface area contributed by atoms with Crippen LogP contribution in [-0.2, 0) is 9.47 Å². The summed E-state index contributed by atoms with van der Waals surface area (Å²) in [6, 6.07) is 5.63. The third-order valence-electron chi connectivity index (χ3n) is 4.93. The Morgan fingerprint density at radius 2 is 1.93 bits per heavy atom. The number of nitrogens with one attached hydrogen (secondary N) is 1. The molecule has 0 saturated carbocycles. The fourth-order valence-corrected chi connectivity index (χ4v) is 4.18. The van der Waals surface area contributed by atoms with Crippen LogP contribution in [0.4, 0.5) is 0 Å². The van der Waals surface area contributed by atoms with E-state index in [1.807, 2.05) is 18.2 Å². The second-order valence-corrected chi connectivity index (χ2v) is 7.95. The third kappa shape index (κ3) is 7.11. The van der Waals surface area contributed by atoms with Crippen LogP contribution in [0.15, 0.2) is 23.2 Å². The zero-order valence-corrected chi connectivity index (χ0v) is 18.7. The second kappa shape index (κ2) is 12.5. The molecule has 1 aromatic carbocycles. The van der Waals surface area contributed by atoms with Crippen LogP contribution in [-0.4, -0.2) is 63.5 Å². The van der Waals surface area contributed by atoms with Gasteiger partial charge < -0.3 is 19.7 Å². The number of benzene rings is 1. The van der Waals surface area contributed by atoms with Crippen molar-refractivity contribution in [2.75, 3.05) is 46.5 Å². The fourth-order valence-electron chi connectivity index (χ4n) is 3.41. The summed E-state index contributed by atoms with van der Waals surface area (Å²) >= 11 is 12.7. The number of aliphatic imine (C=N–C) groups is 1. The molecule has 2 rings (SSSR count). The van der Waals surface area contributed by atoms with Crippen molar-refractivity contribution in [1.82, 2.24) is 10.2 Å². The quantitative estimate of drug-likeness (QED) is 0.354. The predicted molar refractivity (Wildman–Crippen MR) is 118 cm³/mol. The van der Waals surface area contributed by atoms with Gasteiger partial charge in [0.05, 0.1) is 6.10 Å². The Morgan fingerprint density at radius 1 is 1.25 bits per heavy atom. The van der Waals surface area contributed by atoms with Crippen LogP contribution in [0.5, 0.6) is 0 Å². The molecule has 0 radical (unpaired) electrons. The Kier molecular flexibility index (Phi) is 10.4. The van der Waals surface area contributed by atoms with E-state index in [9.17, 15) is 0 Å². The lowest BCUT2D eigenvalue weighted by atomic mass is 10.0. The molecule has 1 atom stereocenters. The average Bonchev–Trinajstić information content (AvgIpc) is 2.69. The number of rotatable bonds is 9. The Bertz CT molecular complexity index is 599. The maximum Gasteiger partial charge on any atom is 0.193 e. The zero-order valence-electron chi connectivity index (χ0n) is 17.2. The lowest BCUT2D eigenvalue weighted by Gasteiger charge is -2.34. The van der Waals surface area contributed by atoms with E-state index in [0.29, 0.717) is 22.7 Å². The van der Waals surface area contributed by atoms with Gasteiger partial charge in [0.2, 0.25) is 0 Å². The molecule has 1 N–H and O–H groups in total. The van der Waals surface area contributed by atoms with Crippen molar-refractivity contribution < 1.29 is 9.47 Å². The van der Waals surface area contributed by atoms with Gasteiger partial charge in [-0.15, -0.1) is 0 Å². The van der Waals surface area contributed by atoms with E-state index in [2.05, 4.69) is 24.1 Å². The SMILES string of the molecule is CCNC(=NCC(C)c1c(Cl)cccc1Cl)N1CCC(OCCCOC)CC1. The maximum atomic E-state index is 6.35. The molecule has 1 unspecified atom stereocenters. The minimum atomic E-state index is 0.150. The minimum Gasteiger partial charge on any atom is -0.385 e. The molecule has 1 fully saturated rings. The zero-order chi connectivity index (χ0) is 20.4. The van der Waals surface area contributed by atoms with Crippen molar-refractivity contribution in [3.05, 3.63) is 33.8 Å². The highest BCUT2D eigenvalue weighted by Crippen LogP contribution is 2.31. The smallest absolute Gasteiger partial charge is 0.193 e. The van der Waals surface area contributed by atoms with E-state index in [4.69, 9.17) is 37.7 Å². The summed E-state index contributed by atoms with van der Waals surface area (Å²) in [4.78, 5) is 7.18. The Hall–Kier alpha value is -1.01. The first-order valence-electron chi connectivity index (χ1n) is 10.1. The van der Waals surface area contributed by atoms with Gasteiger partial charge in [-0.2, -0.15) is 0 Å². The van der Waals surface area contributed by atoms with Crippen LogP contribution >= 0.6 is 23.2 Å². The number of nitrogens with zero attached hydrogens (tertiary/aromatic N) is 2. The largest absolute Gasteiger partial charge is 0.385 e. The van der Waals surface area contributed by atoms with Crippen molar-refractivity contribution in [2.45, 2.75) is 45.1 Å². The highest BCUT2D eigenvalue weighted by Gasteiger charge is 2.22. The van der Waals surface area contributed by atoms with Crippen molar-refractivity contribution in [2.24, 2.45) is 4.99 Å². The molecule has 0 amide bonds. The summed E-state index contributed by atoms with van der Waals surface area (Å²) in [5.41, 5.74) is 0.966. The van der Waals surface area contributed by atoms with E-state index >= 15 is 0 Å². The summed E-state index contributed by atoms with van der Waals surface area (Å²) < 4.78 is 11.0. The lowest BCUT2D eigenvalue weighted by Crippen LogP contribution is -2.47. The van der Waals surface area contributed by atoms with Crippen LogP contribution in [0.25, 0.3) is 0 Å². The van der Waals surface area contributed by atoms with E-state index < -0.39 is 0 Å². The Labute approximate surface area is 179 Å². The minimum absolute atomic E-state index is 0.150. The van der Waals surface area contributed by atoms with Crippen molar-refractivity contribution >= 4 is 29.2 Å². The van der Waals surface area contributed by atoms with Gasteiger partial charge in [-0.05, 0) is 43.9 Å². The topological polar surface area (TPSA) is 46.1 Å². The van der Waals surface area contributed by atoms with Gasteiger partial charge in [-0.25, -0.2) is 0 Å². The number of hydrogen-bond acceptors (Lipinski definition) is 3. The van der Waals surface area contributed by atoms with E-state index in [0.717, 1.165) is 63.6 Å². The first-order valence-corrected chi connectivity index (χ1v) is 10.9. The number of hydrogen-bond donors (Lipinski definition) is 1. The first-order chi connectivity index (χ1) is 13.6. The molecule has 0 aliphatic carbocycles. The van der Waals surface area contributed by atoms with E-state index in [1.165, 1.54) is 0 Å². The summed E-state index contributed by atoms with van der Waals surface area (Å²) in [5, 5.41) is 4.82. The number of likely N-dealkylation sites (tertiary alicyclic amines) is 1. The highest BCUT2D eigenvalue weighted by molar-refractivity contribution is 6.36. The average molecular weight is 430 g/mol. The van der Waals surface area contributed by atoms with Gasteiger partial charge in [0.15, 0.2) is 5.96 Å². The monoisotopic (exact) mass is 429 g/mol. The summed E-state index contributed by atoms with van der Waals surface area (Å²) in [6.45, 7) is 9.10. The lowest BCUT2D eigenvalue weighted by molar-refractivity contribution is 0.00990. The molecule has 1 aliphatic heterocycles. The molecule has 1 heterocycles. The van der Waals surface area contributed by atoms with Gasteiger partial charge in [-0.1, -0.05) is 36.2 Å². The summed E-state index contributed by atoms with van der Waals surface area (Å²) in [6.07, 6.45) is 3.31. The molecule has 28 heavy (non-hydrogen) atoms. The normalized spacial score (nSPS) is 17.0. The Morgan fingerprint density at radius 3 is 2.54 bits per heavy atom. The summed E-state index contributed by atoms with van der Waals surface area (Å²) in [7, 11) is 1.72. The summed E-state index contributed by atoms with van der Waals surface area (Å²) in [5.74, 6) is 1.10. The molecule has 7 heteroatoms. The molecule has 1 aromatic rings. The van der Waals surface area contributed by atoms with Crippen LogP contribution in [0.1, 0.15) is 44.6 Å². The van der Waals surface area contributed by atoms with Gasteiger partial charge in [0.25, 0.3) is 0 Å². The standard InChI is InChI=1S/C21H33Cl2N3O2/c1-4-24-21(25-15-16(2)20-18(22)7-5-8-19(20)23)26-11-9-17(10-12-26)28-14-6-13-27-3/h5,7-8,16-17H,4,6,9-15H2,1-3H3,(H,24,25). The predicted octanol–water partition coefficient (Wildman–Crippen LogP) is 4.58. The second-order valence-electron chi connectivity index (χ2n) is 7.13. The maximum absolute atomic E-state index is 6.35. The molecule has 0 aromatic heterocycles. The van der Waals surface area contributed by atoms with Crippen molar-refractivity contribution in [1.29, 1.82) is 0 Å². The molecule has 5 nitrogen and oxygen atoms in total. The van der Waals surface area contributed by atoms with Crippen LogP contribution in [0.2, 0.25) is 10.0 Å². The molecule has 158 valence electrons. The number of piperidine rings is 1. The molecule has 0 spiro atoms. The van der Waals surface area contributed by atoms with Crippen molar-refractivity contribution in [3.8, 4) is 0 Å². The first kappa shape index (κ1) is 23.3. The van der Waals surface area contributed by atoms with Crippen LogP contribution < -0.4 is 5.32 Å². The van der Waals surface area contributed by atoms with Crippen molar-refractivity contribution in [3.63, 3.8) is 0 Å². The molecule has 1 aliphatic rings. The van der Waals surface area contributed by atoms with Gasteiger partial charge >= 0.3 is 0 Å². The number of halogens is 2. The Balaban J connectivity index is 1.90. The van der Waals surface area contributed by atoms with Gasteiger partial charge in [0.1, 0.15) is 0 Å². The number of ether oxygens (including phenoxy) is 2.